The molecule has 0 saturated carbocycles. The van der Waals surface area contributed by atoms with Crippen molar-refractivity contribution in [3.05, 3.63) is 75.2 Å². The maximum atomic E-state index is 9.69. The lowest BCUT2D eigenvalue weighted by Gasteiger charge is -2.48. The van der Waals surface area contributed by atoms with E-state index >= 15 is 0 Å². The zero-order valence-electron chi connectivity index (χ0n) is 18.5. The van der Waals surface area contributed by atoms with E-state index in [-0.39, 0.29) is 17.7 Å². The third kappa shape index (κ3) is 4.64. The fourth-order valence-corrected chi connectivity index (χ4v) is 4.29. The summed E-state index contributed by atoms with van der Waals surface area (Å²) >= 11 is 12.3. The molecule has 3 aromatic rings. The number of ether oxygens (including phenoxy) is 1. The zero-order chi connectivity index (χ0) is 24.5. The number of halogens is 2. The number of nitrogens with one attached hydrogen (secondary N) is 1. The number of aromatic nitrogens is 2. The van der Waals surface area contributed by atoms with Crippen LogP contribution in [0.4, 0.5) is 11.5 Å². The summed E-state index contributed by atoms with van der Waals surface area (Å²) in [5.74, 6) is 1.09. The molecule has 0 spiro atoms. The van der Waals surface area contributed by atoms with Crippen LogP contribution in [0.1, 0.15) is 29.2 Å². The number of nitrogens with zero attached hydrogens (tertiary/aromatic N) is 4. The fourth-order valence-electron chi connectivity index (χ4n) is 3.81. The first-order chi connectivity index (χ1) is 16.2. The highest BCUT2D eigenvalue weighted by Crippen LogP contribution is 2.34. The second kappa shape index (κ2) is 9.47. The van der Waals surface area contributed by atoms with Gasteiger partial charge in [-0.2, -0.15) is 5.26 Å². The van der Waals surface area contributed by atoms with Gasteiger partial charge in [0.25, 0.3) is 0 Å². The van der Waals surface area contributed by atoms with E-state index in [0.717, 1.165) is 13.1 Å². The van der Waals surface area contributed by atoms with Gasteiger partial charge >= 0.3 is 0 Å². The molecule has 0 radical (unpaired) electrons. The van der Waals surface area contributed by atoms with Gasteiger partial charge in [0.2, 0.25) is 0 Å². The average molecular weight is 496 g/mol. The number of benzene rings is 1. The van der Waals surface area contributed by atoms with Crippen LogP contribution in [0.5, 0.6) is 5.75 Å². The van der Waals surface area contributed by atoms with E-state index in [9.17, 15) is 5.26 Å². The summed E-state index contributed by atoms with van der Waals surface area (Å²) in [6, 6.07) is 8.89. The Hall–Kier alpha value is -3.38. The lowest BCUT2D eigenvalue weighted by molar-refractivity contribution is 0.253. The van der Waals surface area contributed by atoms with Gasteiger partial charge in [0.05, 0.1) is 21.3 Å². The van der Waals surface area contributed by atoms with Gasteiger partial charge in [-0.1, -0.05) is 30.1 Å². The van der Waals surface area contributed by atoms with Gasteiger partial charge in [0, 0.05) is 66.0 Å². The van der Waals surface area contributed by atoms with Gasteiger partial charge in [-0.15, -0.1) is 0 Å². The number of nitriles is 1. The van der Waals surface area contributed by atoms with Crippen LogP contribution in [0.2, 0.25) is 10.0 Å². The number of rotatable bonds is 7. The minimum atomic E-state index is 0.0272. The number of anilines is 2. The molecule has 10 heteroatoms. The monoisotopic (exact) mass is 495 g/mol. The molecule has 1 aliphatic heterocycles. The highest BCUT2D eigenvalue weighted by molar-refractivity contribution is 6.35. The standard InChI is InChI=1S/C24H23Cl2N7O/c1-24(11-28)12-33(13-24)23-14(6-27)4-15(7-32-23)22(30)17-5-16(2-3-21(17)29)34-10-18-19(25)8-31-9-20(18)26/h2-5,7-9,30H,10-13,28-29H2,1H3. The molecular weight excluding hydrogens is 473 g/mol. The lowest BCUT2D eigenvalue weighted by atomic mass is 9.82. The lowest BCUT2D eigenvalue weighted by Crippen LogP contribution is -2.58. The van der Waals surface area contributed by atoms with Crippen molar-refractivity contribution in [1.82, 2.24) is 9.97 Å². The average Bonchev–Trinajstić information content (AvgIpc) is 2.82. The molecule has 1 aromatic carbocycles. The highest BCUT2D eigenvalue weighted by atomic mass is 35.5. The van der Waals surface area contributed by atoms with Crippen molar-refractivity contribution >= 4 is 40.4 Å². The normalized spacial score (nSPS) is 14.3. The highest BCUT2D eigenvalue weighted by Gasteiger charge is 2.39. The molecule has 0 amide bonds. The summed E-state index contributed by atoms with van der Waals surface area (Å²) in [7, 11) is 0. The third-order valence-corrected chi connectivity index (χ3v) is 6.49. The Bertz CT molecular complexity index is 1280. The molecule has 0 bridgehead atoms. The van der Waals surface area contributed by atoms with Crippen molar-refractivity contribution in [3.8, 4) is 11.8 Å². The van der Waals surface area contributed by atoms with Crippen LogP contribution < -0.4 is 21.1 Å². The Balaban J connectivity index is 1.55. The van der Waals surface area contributed by atoms with Gasteiger partial charge in [0.1, 0.15) is 24.2 Å². The largest absolute Gasteiger partial charge is 0.489 e. The van der Waals surface area contributed by atoms with Crippen LogP contribution in [0.15, 0.2) is 42.9 Å². The quantitative estimate of drug-likeness (QED) is 0.332. The van der Waals surface area contributed by atoms with Crippen molar-refractivity contribution < 1.29 is 4.74 Å². The topological polar surface area (TPSA) is 138 Å². The SMILES string of the molecule is CC1(CN)CN(c2ncc(C(=N)c3cc(OCc4c(Cl)cncc4Cl)ccc3N)cc2C#N)C1. The molecule has 3 heterocycles. The Morgan fingerprint density at radius 3 is 2.59 bits per heavy atom. The number of hydrogen-bond acceptors (Lipinski definition) is 8. The summed E-state index contributed by atoms with van der Waals surface area (Å²) in [5, 5.41) is 19.2. The molecule has 0 unspecified atom stereocenters. The Morgan fingerprint density at radius 1 is 1.24 bits per heavy atom. The molecular formula is C24H23Cl2N7O. The van der Waals surface area contributed by atoms with Crippen molar-refractivity contribution in [2.24, 2.45) is 11.1 Å². The summed E-state index contributed by atoms with van der Waals surface area (Å²) < 4.78 is 5.85. The molecule has 4 rings (SSSR count). The van der Waals surface area contributed by atoms with Crippen molar-refractivity contribution in [1.29, 1.82) is 10.7 Å². The summed E-state index contributed by atoms with van der Waals surface area (Å²) in [5.41, 5.74) is 14.5. The van der Waals surface area contributed by atoms with Gasteiger partial charge < -0.3 is 21.1 Å². The maximum Gasteiger partial charge on any atom is 0.146 e. The second-order valence-electron chi connectivity index (χ2n) is 8.57. The number of nitrogen functional groups attached to an aromatic ring is 1. The molecule has 174 valence electrons. The molecule has 1 aliphatic rings. The minimum Gasteiger partial charge on any atom is -0.489 e. The summed E-state index contributed by atoms with van der Waals surface area (Å²) in [4.78, 5) is 10.4. The van der Waals surface area contributed by atoms with E-state index in [2.05, 4.69) is 23.0 Å². The predicted octanol–water partition coefficient (Wildman–Crippen LogP) is 4.02. The van der Waals surface area contributed by atoms with Crippen LogP contribution in [0.3, 0.4) is 0 Å². The van der Waals surface area contributed by atoms with Crippen LogP contribution in [0.25, 0.3) is 0 Å². The molecule has 8 nitrogen and oxygen atoms in total. The molecule has 34 heavy (non-hydrogen) atoms. The minimum absolute atomic E-state index is 0.0272. The molecule has 0 atom stereocenters. The van der Waals surface area contributed by atoms with E-state index in [1.165, 1.54) is 12.4 Å². The van der Waals surface area contributed by atoms with E-state index in [1.807, 2.05) is 4.90 Å². The van der Waals surface area contributed by atoms with E-state index in [0.29, 0.717) is 56.1 Å². The first kappa shape index (κ1) is 23.8. The van der Waals surface area contributed by atoms with Crippen LogP contribution in [-0.4, -0.2) is 35.3 Å². The van der Waals surface area contributed by atoms with Crippen molar-refractivity contribution in [2.45, 2.75) is 13.5 Å². The summed E-state index contributed by atoms with van der Waals surface area (Å²) in [6.07, 6.45) is 4.58. The summed E-state index contributed by atoms with van der Waals surface area (Å²) in [6.45, 7) is 4.28. The van der Waals surface area contributed by atoms with Crippen LogP contribution in [-0.2, 0) is 6.61 Å². The van der Waals surface area contributed by atoms with Crippen molar-refractivity contribution in [3.63, 3.8) is 0 Å². The predicted molar refractivity (Wildman–Crippen MR) is 134 cm³/mol. The van der Waals surface area contributed by atoms with Crippen LogP contribution >= 0.6 is 23.2 Å². The molecule has 1 fully saturated rings. The fraction of sp³-hybridized carbons (Fsp3) is 0.250. The van der Waals surface area contributed by atoms with Gasteiger partial charge in [0.15, 0.2) is 0 Å². The Morgan fingerprint density at radius 2 is 1.94 bits per heavy atom. The Labute approximate surface area is 207 Å². The maximum absolute atomic E-state index is 9.69. The Kier molecular flexibility index (Phi) is 6.62. The number of nitrogens with two attached hydrogens (primary N) is 2. The number of pyridine rings is 2. The molecule has 5 N–H and O–H groups in total. The first-order valence-corrected chi connectivity index (χ1v) is 11.2. The number of hydrogen-bond donors (Lipinski definition) is 3. The third-order valence-electron chi connectivity index (χ3n) is 5.84. The molecule has 1 saturated heterocycles. The van der Waals surface area contributed by atoms with E-state index in [4.69, 9.17) is 44.8 Å². The van der Waals surface area contributed by atoms with E-state index < -0.39 is 0 Å². The van der Waals surface area contributed by atoms with Crippen molar-refractivity contribution in [2.75, 3.05) is 30.3 Å². The smallest absolute Gasteiger partial charge is 0.146 e. The van der Waals surface area contributed by atoms with E-state index in [1.54, 1.807) is 30.5 Å². The van der Waals surface area contributed by atoms with Gasteiger partial charge in [-0.05, 0) is 24.3 Å². The molecule has 0 aliphatic carbocycles. The molecule has 2 aromatic heterocycles. The van der Waals surface area contributed by atoms with Gasteiger partial charge in [-0.25, -0.2) is 4.98 Å². The zero-order valence-corrected chi connectivity index (χ0v) is 20.0. The van der Waals surface area contributed by atoms with Gasteiger partial charge in [-0.3, -0.25) is 10.4 Å². The van der Waals surface area contributed by atoms with Crippen LogP contribution in [0, 0.1) is 22.2 Å². The first-order valence-electron chi connectivity index (χ1n) is 10.5. The second-order valence-corrected chi connectivity index (χ2v) is 9.39.